The van der Waals surface area contributed by atoms with Crippen molar-refractivity contribution in [2.75, 3.05) is 27.2 Å². The second kappa shape index (κ2) is 8.02. The standard InChI is InChI=1S/C18H26N2O2.ClH/c1-20-11-16(14-6-8-15(22-2)9-7-14)17(12-20)19-18(21)10-13-4-3-5-13;/h6-9,13,16-17H,3-5,10-12H2,1-2H3,(H,19,21);1H/t16-,17+;/m1./s1. The number of rotatable bonds is 5. The summed E-state index contributed by atoms with van der Waals surface area (Å²) >= 11 is 0. The molecule has 1 amide bonds. The quantitative estimate of drug-likeness (QED) is 0.897. The lowest BCUT2D eigenvalue weighted by Gasteiger charge is -2.26. The minimum absolute atomic E-state index is 0. The lowest BCUT2D eigenvalue weighted by Crippen LogP contribution is -2.40. The number of amides is 1. The molecule has 1 saturated heterocycles. The van der Waals surface area contributed by atoms with E-state index in [1.807, 2.05) is 12.1 Å². The average molecular weight is 339 g/mol. The number of benzene rings is 1. The van der Waals surface area contributed by atoms with Crippen LogP contribution in [-0.2, 0) is 4.79 Å². The summed E-state index contributed by atoms with van der Waals surface area (Å²) in [5.41, 5.74) is 1.28. The minimum Gasteiger partial charge on any atom is -0.497 e. The van der Waals surface area contributed by atoms with Crippen LogP contribution in [0.3, 0.4) is 0 Å². The molecular formula is C18H27ClN2O2. The maximum absolute atomic E-state index is 12.2. The van der Waals surface area contributed by atoms with E-state index in [2.05, 4.69) is 29.4 Å². The molecule has 2 fully saturated rings. The van der Waals surface area contributed by atoms with Gasteiger partial charge in [-0.25, -0.2) is 0 Å². The van der Waals surface area contributed by atoms with Crippen LogP contribution in [0.1, 0.15) is 37.2 Å². The molecule has 1 N–H and O–H groups in total. The van der Waals surface area contributed by atoms with E-state index in [4.69, 9.17) is 4.74 Å². The van der Waals surface area contributed by atoms with Crippen molar-refractivity contribution in [2.24, 2.45) is 5.92 Å². The molecule has 0 aromatic heterocycles. The second-order valence-electron chi connectivity index (χ2n) is 6.78. The molecule has 1 saturated carbocycles. The first-order chi connectivity index (χ1) is 10.7. The zero-order chi connectivity index (χ0) is 15.5. The van der Waals surface area contributed by atoms with Gasteiger partial charge in [0.25, 0.3) is 0 Å². The first kappa shape index (κ1) is 18.1. The highest BCUT2D eigenvalue weighted by atomic mass is 35.5. The number of methoxy groups -OCH3 is 1. The molecule has 3 rings (SSSR count). The number of carbonyl (C=O) groups excluding carboxylic acids is 1. The number of nitrogens with zero attached hydrogens (tertiary/aromatic N) is 1. The van der Waals surface area contributed by atoms with Crippen LogP contribution >= 0.6 is 12.4 Å². The van der Waals surface area contributed by atoms with Crippen LogP contribution in [0.2, 0.25) is 0 Å². The molecule has 5 heteroatoms. The van der Waals surface area contributed by atoms with Crippen LogP contribution in [0.4, 0.5) is 0 Å². The van der Waals surface area contributed by atoms with E-state index in [-0.39, 0.29) is 24.4 Å². The van der Waals surface area contributed by atoms with E-state index in [1.165, 1.54) is 24.8 Å². The fourth-order valence-corrected chi connectivity index (χ4v) is 3.56. The van der Waals surface area contributed by atoms with Gasteiger partial charge < -0.3 is 15.0 Å². The van der Waals surface area contributed by atoms with E-state index in [9.17, 15) is 4.79 Å². The third kappa shape index (κ3) is 4.39. The van der Waals surface area contributed by atoms with E-state index in [1.54, 1.807) is 7.11 Å². The number of hydrogen-bond acceptors (Lipinski definition) is 3. The Bertz CT molecular complexity index is 516. The Morgan fingerprint density at radius 3 is 2.52 bits per heavy atom. The van der Waals surface area contributed by atoms with Crippen LogP contribution in [0.5, 0.6) is 5.75 Å². The number of nitrogens with one attached hydrogen (secondary N) is 1. The molecule has 1 aromatic carbocycles. The number of likely N-dealkylation sites (tertiary alicyclic amines) is 1. The lowest BCUT2D eigenvalue weighted by molar-refractivity contribution is -0.123. The Labute approximate surface area is 145 Å². The third-order valence-electron chi connectivity index (χ3n) is 5.09. The van der Waals surface area contributed by atoms with Crippen molar-refractivity contribution in [1.82, 2.24) is 10.2 Å². The number of likely N-dealkylation sites (N-methyl/N-ethyl adjacent to an activating group) is 1. The fraction of sp³-hybridized carbons (Fsp3) is 0.611. The molecule has 2 aliphatic rings. The van der Waals surface area contributed by atoms with Gasteiger partial charge in [0.1, 0.15) is 5.75 Å². The van der Waals surface area contributed by atoms with E-state index < -0.39 is 0 Å². The van der Waals surface area contributed by atoms with Gasteiger partial charge in [-0.2, -0.15) is 0 Å². The van der Waals surface area contributed by atoms with Gasteiger partial charge in [-0.05, 0) is 43.5 Å². The summed E-state index contributed by atoms with van der Waals surface area (Å²) in [5.74, 6) is 2.09. The predicted octanol–water partition coefficient (Wildman–Crippen LogP) is 2.82. The van der Waals surface area contributed by atoms with Crippen molar-refractivity contribution in [3.05, 3.63) is 29.8 Å². The molecule has 0 radical (unpaired) electrons. The number of carbonyl (C=O) groups is 1. The van der Waals surface area contributed by atoms with Gasteiger partial charge >= 0.3 is 0 Å². The Morgan fingerprint density at radius 1 is 1.26 bits per heavy atom. The van der Waals surface area contributed by atoms with Crippen molar-refractivity contribution >= 4 is 18.3 Å². The molecule has 1 aromatic rings. The molecule has 1 heterocycles. The third-order valence-corrected chi connectivity index (χ3v) is 5.09. The molecule has 0 unspecified atom stereocenters. The van der Waals surface area contributed by atoms with Crippen molar-refractivity contribution in [3.63, 3.8) is 0 Å². The Hall–Kier alpha value is -1.26. The van der Waals surface area contributed by atoms with Gasteiger partial charge in [-0.3, -0.25) is 4.79 Å². The normalized spacial score (nSPS) is 24.6. The zero-order valence-electron chi connectivity index (χ0n) is 14.0. The monoisotopic (exact) mass is 338 g/mol. The maximum Gasteiger partial charge on any atom is 0.220 e. The highest BCUT2D eigenvalue weighted by Crippen LogP contribution is 2.31. The van der Waals surface area contributed by atoms with Gasteiger partial charge in [0.05, 0.1) is 7.11 Å². The van der Waals surface area contributed by atoms with E-state index in [0.29, 0.717) is 18.3 Å². The van der Waals surface area contributed by atoms with E-state index in [0.717, 1.165) is 18.8 Å². The van der Waals surface area contributed by atoms with Gasteiger partial charge in [0.2, 0.25) is 5.91 Å². The van der Waals surface area contributed by atoms with Gasteiger partial charge in [-0.1, -0.05) is 18.6 Å². The summed E-state index contributed by atoms with van der Waals surface area (Å²) in [6.07, 6.45) is 4.44. The molecule has 4 nitrogen and oxygen atoms in total. The molecular weight excluding hydrogens is 312 g/mol. The summed E-state index contributed by atoms with van der Waals surface area (Å²) in [6.45, 7) is 1.91. The Balaban J connectivity index is 0.00000192. The largest absolute Gasteiger partial charge is 0.497 e. The Morgan fingerprint density at radius 2 is 1.96 bits per heavy atom. The van der Waals surface area contributed by atoms with Crippen molar-refractivity contribution in [2.45, 2.75) is 37.6 Å². The summed E-state index contributed by atoms with van der Waals surface area (Å²) in [6, 6.07) is 8.45. The molecule has 0 bridgehead atoms. The fourth-order valence-electron chi connectivity index (χ4n) is 3.56. The Kier molecular flexibility index (Phi) is 6.31. The van der Waals surface area contributed by atoms with Crippen LogP contribution < -0.4 is 10.1 Å². The zero-order valence-corrected chi connectivity index (χ0v) is 14.8. The molecule has 128 valence electrons. The van der Waals surface area contributed by atoms with Crippen molar-refractivity contribution in [3.8, 4) is 5.75 Å². The smallest absolute Gasteiger partial charge is 0.220 e. The summed E-state index contributed by atoms with van der Waals surface area (Å²) in [4.78, 5) is 14.5. The number of ether oxygens (including phenoxy) is 1. The minimum atomic E-state index is 0. The summed E-state index contributed by atoms with van der Waals surface area (Å²) in [7, 11) is 3.80. The van der Waals surface area contributed by atoms with Crippen LogP contribution in [0.25, 0.3) is 0 Å². The molecule has 2 atom stereocenters. The van der Waals surface area contributed by atoms with Gasteiger partial charge in [0, 0.05) is 31.5 Å². The first-order valence-electron chi connectivity index (χ1n) is 8.27. The predicted molar refractivity (Wildman–Crippen MR) is 94.4 cm³/mol. The second-order valence-corrected chi connectivity index (χ2v) is 6.78. The van der Waals surface area contributed by atoms with Gasteiger partial charge in [0.15, 0.2) is 0 Å². The van der Waals surface area contributed by atoms with Crippen LogP contribution in [0.15, 0.2) is 24.3 Å². The molecule has 0 spiro atoms. The molecule has 23 heavy (non-hydrogen) atoms. The van der Waals surface area contributed by atoms with Crippen molar-refractivity contribution in [1.29, 1.82) is 0 Å². The van der Waals surface area contributed by atoms with Gasteiger partial charge in [-0.15, -0.1) is 12.4 Å². The van der Waals surface area contributed by atoms with Crippen molar-refractivity contribution < 1.29 is 9.53 Å². The topological polar surface area (TPSA) is 41.6 Å². The highest BCUT2D eigenvalue weighted by Gasteiger charge is 2.33. The number of hydrogen-bond donors (Lipinski definition) is 1. The SMILES string of the molecule is COc1ccc([C@H]2CN(C)C[C@@H]2NC(=O)CC2CCC2)cc1.Cl. The molecule has 1 aliphatic carbocycles. The van der Waals surface area contributed by atoms with Crippen LogP contribution in [-0.4, -0.2) is 44.1 Å². The van der Waals surface area contributed by atoms with E-state index >= 15 is 0 Å². The maximum atomic E-state index is 12.2. The molecule has 1 aliphatic heterocycles. The average Bonchev–Trinajstić information content (AvgIpc) is 2.83. The first-order valence-corrected chi connectivity index (χ1v) is 8.27. The number of halogens is 1. The summed E-state index contributed by atoms with van der Waals surface area (Å²) < 4.78 is 5.23. The highest BCUT2D eigenvalue weighted by molar-refractivity contribution is 5.85. The lowest BCUT2D eigenvalue weighted by atomic mass is 9.82. The van der Waals surface area contributed by atoms with Crippen LogP contribution in [0, 0.1) is 5.92 Å². The summed E-state index contributed by atoms with van der Waals surface area (Å²) in [5, 5.41) is 3.27.